The van der Waals surface area contributed by atoms with E-state index in [1.54, 1.807) is 0 Å². The van der Waals surface area contributed by atoms with Crippen LogP contribution in [0.4, 0.5) is 0 Å². The molecule has 1 aliphatic rings. The third-order valence-corrected chi connectivity index (χ3v) is 3.73. The van der Waals surface area contributed by atoms with Gasteiger partial charge in [-0.15, -0.1) is 0 Å². The van der Waals surface area contributed by atoms with Crippen molar-refractivity contribution in [1.29, 1.82) is 0 Å². The molecule has 1 N–H and O–H groups in total. The van der Waals surface area contributed by atoms with E-state index in [9.17, 15) is 0 Å². The molecule has 18 heavy (non-hydrogen) atoms. The van der Waals surface area contributed by atoms with Crippen molar-refractivity contribution in [1.82, 2.24) is 10.2 Å². The first-order valence-electron chi connectivity index (χ1n) is 7.18. The minimum Gasteiger partial charge on any atom is -0.313 e. The smallest absolute Gasteiger partial charge is 0.0237 e. The predicted molar refractivity (Wildman–Crippen MR) is 77.7 cm³/mol. The van der Waals surface area contributed by atoms with Crippen molar-refractivity contribution in [2.45, 2.75) is 52.2 Å². The second-order valence-corrected chi connectivity index (χ2v) is 5.82. The molecule has 2 rings (SSSR count). The Bertz CT molecular complexity index is 373. The number of rotatable bonds is 5. The summed E-state index contributed by atoms with van der Waals surface area (Å²) in [5.74, 6) is 0. The van der Waals surface area contributed by atoms with Gasteiger partial charge in [-0.05, 0) is 31.9 Å². The summed E-state index contributed by atoms with van der Waals surface area (Å²) in [5.41, 5.74) is 2.81. The number of nitrogens with zero attached hydrogens (tertiary/aromatic N) is 1. The molecule has 1 unspecified atom stereocenters. The fourth-order valence-electron chi connectivity index (χ4n) is 2.75. The van der Waals surface area contributed by atoms with E-state index in [-0.39, 0.29) is 0 Å². The fraction of sp³-hybridized carbons (Fsp3) is 0.625. The summed E-state index contributed by atoms with van der Waals surface area (Å²) in [5, 5.41) is 3.57. The summed E-state index contributed by atoms with van der Waals surface area (Å²) >= 11 is 0. The van der Waals surface area contributed by atoms with E-state index in [2.05, 4.69) is 55.3 Å². The molecule has 1 heterocycles. The van der Waals surface area contributed by atoms with E-state index < -0.39 is 0 Å². The first-order valence-corrected chi connectivity index (χ1v) is 7.18. The maximum absolute atomic E-state index is 3.57. The minimum absolute atomic E-state index is 0.589. The van der Waals surface area contributed by atoms with Crippen LogP contribution in [0.25, 0.3) is 0 Å². The van der Waals surface area contributed by atoms with Crippen molar-refractivity contribution in [2.24, 2.45) is 0 Å². The maximum Gasteiger partial charge on any atom is 0.0237 e. The van der Waals surface area contributed by atoms with Gasteiger partial charge in [0, 0.05) is 25.2 Å². The Labute approximate surface area is 111 Å². The van der Waals surface area contributed by atoms with E-state index >= 15 is 0 Å². The maximum atomic E-state index is 3.57. The standard InChI is InChI=1S/C16H26N2/c1-13(2)17-11-16-8-5-9-18(16)12-15-7-4-6-14(3)10-15/h4,6-7,10,13,16-17H,5,8-9,11-12H2,1-3H3. The molecular formula is C16H26N2. The minimum atomic E-state index is 0.589. The zero-order valence-electron chi connectivity index (χ0n) is 11.9. The van der Waals surface area contributed by atoms with E-state index in [1.807, 2.05) is 0 Å². The number of hydrogen-bond acceptors (Lipinski definition) is 2. The monoisotopic (exact) mass is 246 g/mol. The predicted octanol–water partition coefficient (Wildman–Crippen LogP) is 2.96. The summed E-state index contributed by atoms with van der Waals surface area (Å²) in [6, 6.07) is 10.2. The van der Waals surface area contributed by atoms with Gasteiger partial charge in [0.15, 0.2) is 0 Å². The molecule has 0 saturated carbocycles. The highest BCUT2D eigenvalue weighted by Crippen LogP contribution is 2.20. The molecule has 0 bridgehead atoms. The summed E-state index contributed by atoms with van der Waals surface area (Å²) in [4.78, 5) is 2.63. The number of benzene rings is 1. The second-order valence-electron chi connectivity index (χ2n) is 5.82. The molecule has 2 heteroatoms. The first-order chi connectivity index (χ1) is 8.65. The average molecular weight is 246 g/mol. The molecule has 1 atom stereocenters. The van der Waals surface area contributed by atoms with E-state index in [0.717, 1.165) is 13.1 Å². The van der Waals surface area contributed by atoms with Crippen LogP contribution < -0.4 is 5.32 Å². The fourth-order valence-corrected chi connectivity index (χ4v) is 2.75. The molecule has 0 amide bonds. The lowest BCUT2D eigenvalue weighted by Crippen LogP contribution is -2.39. The van der Waals surface area contributed by atoms with Crippen LogP contribution >= 0.6 is 0 Å². The second kappa shape index (κ2) is 6.35. The summed E-state index contributed by atoms with van der Waals surface area (Å²) in [7, 11) is 0. The molecular weight excluding hydrogens is 220 g/mol. The SMILES string of the molecule is Cc1cccc(CN2CCCC2CNC(C)C)c1. The third-order valence-electron chi connectivity index (χ3n) is 3.73. The molecule has 1 aromatic rings. The highest BCUT2D eigenvalue weighted by Gasteiger charge is 2.24. The zero-order chi connectivity index (χ0) is 13.0. The van der Waals surface area contributed by atoms with Gasteiger partial charge in [0.1, 0.15) is 0 Å². The van der Waals surface area contributed by atoms with Crippen molar-refractivity contribution in [3.63, 3.8) is 0 Å². The van der Waals surface area contributed by atoms with E-state index in [0.29, 0.717) is 12.1 Å². The molecule has 100 valence electrons. The lowest BCUT2D eigenvalue weighted by Gasteiger charge is -2.25. The quantitative estimate of drug-likeness (QED) is 0.859. The van der Waals surface area contributed by atoms with Crippen molar-refractivity contribution in [2.75, 3.05) is 13.1 Å². The first kappa shape index (κ1) is 13.6. The number of aryl methyl sites for hydroxylation is 1. The van der Waals surface area contributed by atoms with E-state index in [1.165, 1.54) is 30.5 Å². The average Bonchev–Trinajstić information content (AvgIpc) is 2.74. The van der Waals surface area contributed by atoms with Crippen LogP contribution in [0.15, 0.2) is 24.3 Å². The van der Waals surface area contributed by atoms with Gasteiger partial charge >= 0.3 is 0 Å². The van der Waals surface area contributed by atoms with Gasteiger partial charge in [-0.1, -0.05) is 43.7 Å². The molecule has 0 aromatic heterocycles. The topological polar surface area (TPSA) is 15.3 Å². The van der Waals surface area contributed by atoms with Gasteiger partial charge in [0.05, 0.1) is 0 Å². The van der Waals surface area contributed by atoms with Crippen LogP contribution in [-0.4, -0.2) is 30.1 Å². The molecule has 1 aliphatic heterocycles. The van der Waals surface area contributed by atoms with Gasteiger partial charge in [-0.3, -0.25) is 4.90 Å². The Kier molecular flexibility index (Phi) is 4.79. The molecule has 1 fully saturated rings. The van der Waals surface area contributed by atoms with Gasteiger partial charge < -0.3 is 5.32 Å². The Morgan fingerprint density at radius 3 is 2.94 bits per heavy atom. The van der Waals surface area contributed by atoms with Crippen molar-refractivity contribution >= 4 is 0 Å². The Balaban J connectivity index is 1.91. The Morgan fingerprint density at radius 2 is 2.22 bits per heavy atom. The van der Waals surface area contributed by atoms with Crippen LogP contribution in [0.1, 0.15) is 37.8 Å². The molecule has 1 saturated heterocycles. The molecule has 2 nitrogen and oxygen atoms in total. The molecule has 0 aliphatic carbocycles. The van der Waals surface area contributed by atoms with Gasteiger partial charge in [0.25, 0.3) is 0 Å². The zero-order valence-corrected chi connectivity index (χ0v) is 11.9. The number of nitrogens with one attached hydrogen (secondary N) is 1. The Morgan fingerprint density at radius 1 is 1.39 bits per heavy atom. The largest absolute Gasteiger partial charge is 0.313 e. The summed E-state index contributed by atoms with van der Waals surface area (Å²) in [6.07, 6.45) is 2.68. The molecule has 0 radical (unpaired) electrons. The van der Waals surface area contributed by atoms with Crippen LogP contribution in [0, 0.1) is 6.92 Å². The van der Waals surface area contributed by atoms with Crippen LogP contribution in [0.3, 0.4) is 0 Å². The Hall–Kier alpha value is -0.860. The summed E-state index contributed by atoms with van der Waals surface area (Å²) < 4.78 is 0. The highest BCUT2D eigenvalue weighted by molar-refractivity contribution is 5.22. The van der Waals surface area contributed by atoms with Gasteiger partial charge in [-0.2, -0.15) is 0 Å². The highest BCUT2D eigenvalue weighted by atomic mass is 15.2. The molecule has 0 spiro atoms. The molecule has 1 aromatic carbocycles. The van der Waals surface area contributed by atoms with Crippen molar-refractivity contribution in [3.8, 4) is 0 Å². The van der Waals surface area contributed by atoms with Crippen LogP contribution in [0.5, 0.6) is 0 Å². The third kappa shape index (κ3) is 3.82. The van der Waals surface area contributed by atoms with Crippen molar-refractivity contribution < 1.29 is 0 Å². The lowest BCUT2D eigenvalue weighted by atomic mass is 10.1. The van der Waals surface area contributed by atoms with Crippen molar-refractivity contribution in [3.05, 3.63) is 35.4 Å². The van der Waals surface area contributed by atoms with Gasteiger partial charge in [0.2, 0.25) is 0 Å². The van der Waals surface area contributed by atoms with Crippen LogP contribution in [0.2, 0.25) is 0 Å². The normalized spacial score (nSPS) is 20.8. The van der Waals surface area contributed by atoms with Gasteiger partial charge in [-0.25, -0.2) is 0 Å². The lowest BCUT2D eigenvalue weighted by molar-refractivity contribution is 0.236. The number of likely N-dealkylation sites (tertiary alicyclic amines) is 1. The van der Waals surface area contributed by atoms with E-state index in [4.69, 9.17) is 0 Å². The summed E-state index contributed by atoms with van der Waals surface area (Å²) in [6.45, 7) is 10.1. The van der Waals surface area contributed by atoms with Crippen LogP contribution in [-0.2, 0) is 6.54 Å². The number of hydrogen-bond donors (Lipinski definition) is 1.